The van der Waals surface area contributed by atoms with Crippen LogP contribution in [-0.4, -0.2) is 15.0 Å². The Labute approximate surface area is 252 Å². The normalized spacial score (nSPS) is 14.4. The summed E-state index contributed by atoms with van der Waals surface area (Å²) in [6, 6.07) is 5.42. The van der Waals surface area contributed by atoms with Crippen molar-refractivity contribution >= 4 is 39.3 Å². The van der Waals surface area contributed by atoms with Crippen LogP contribution in [0.3, 0.4) is 0 Å². The third-order valence-electron chi connectivity index (χ3n) is 7.88. The van der Waals surface area contributed by atoms with Crippen LogP contribution >= 0.6 is 35.7 Å². The van der Waals surface area contributed by atoms with E-state index in [9.17, 15) is 10.5 Å². The van der Waals surface area contributed by atoms with Crippen LogP contribution in [0.2, 0.25) is 0 Å². The Kier molecular flexibility index (Phi) is 25.6. The van der Waals surface area contributed by atoms with Crippen molar-refractivity contribution in [3.8, 4) is 12.1 Å². The van der Waals surface area contributed by atoms with Crippen LogP contribution < -0.4 is 0 Å². The lowest BCUT2D eigenvalue weighted by atomic mass is 9.82. The lowest BCUT2D eigenvalue weighted by Crippen LogP contribution is -2.24. The van der Waals surface area contributed by atoms with Crippen LogP contribution in [0, 0.1) is 33.5 Å². The van der Waals surface area contributed by atoms with Crippen LogP contribution in [0.1, 0.15) is 169 Å². The fourth-order valence-electron chi connectivity index (χ4n) is 5.41. The lowest BCUT2D eigenvalue weighted by molar-refractivity contribution is 0.358. The first-order valence-corrected chi connectivity index (χ1v) is 18.5. The molecule has 0 aromatic heterocycles. The van der Waals surface area contributed by atoms with Crippen molar-refractivity contribution in [2.24, 2.45) is 10.8 Å². The average molecular weight is 581 g/mol. The maximum atomic E-state index is 10.1. The second-order valence-electron chi connectivity index (χ2n) is 11.6. The molecule has 0 rings (SSSR count). The fourth-order valence-corrected chi connectivity index (χ4v) is 7.95. The summed E-state index contributed by atoms with van der Waals surface area (Å²) in [6.45, 7) is 8.91. The Morgan fingerprint density at radius 3 is 1.11 bits per heavy atom. The fraction of sp³-hybridized carbons (Fsp3) is 0.909. The van der Waals surface area contributed by atoms with Crippen molar-refractivity contribution in [2.45, 2.75) is 169 Å². The molecule has 0 bridgehead atoms. The molecule has 0 N–H and O–H groups in total. The molecule has 0 radical (unpaired) electrons. The van der Waals surface area contributed by atoms with E-state index < -0.39 is 0 Å². The van der Waals surface area contributed by atoms with Crippen molar-refractivity contribution in [3.63, 3.8) is 0 Å². The van der Waals surface area contributed by atoms with Gasteiger partial charge in [-0.3, -0.25) is 0 Å². The maximum absolute atomic E-state index is 10.1. The summed E-state index contributed by atoms with van der Waals surface area (Å²) in [5, 5.41) is 20.3. The number of thiocarbonyl (C=S) groups is 1. The standard InChI is InChI=1S/C33H60N2S3/c1-5-9-11-13-15-17-19-21-25-32(27-34,23-7-3)29-37-31(36)38-30-33(28-35,24-8-4)26-22-20-18-16-14-12-10-6-2/h5-26,29-30H2,1-4H3. The Bertz CT molecular complexity index is 600. The molecule has 0 aliphatic heterocycles. The van der Waals surface area contributed by atoms with E-state index in [1.54, 1.807) is 23.5 Å². The molecule has 5 heteroatoms. The summed E-state index contributed by atoms with van der Waals surface area (Å²) in [4.78, 5) is 0. The third kappa shape index (κ3) is 19.0. The smallest absolute Gasteiger partial charge is 0.104 e. The minimum absolute atomic E-state index is 0.265. The molecule has 0 fully saturated rings. The molecule has 2 unspecified atom stereocenters. The summed E-state index contributed by atoms with van der Waals surface area (Å²) in [5.41, 5.74) is -0.530. The van der Waals surface area contributed by atoms with E-state index in [0.29, 0.717) is 0 Å². The molecule has 0 aromatic carbocycles. The molecule has 0 heterocycles. The van der Waals surface area contributed by atoms with Gasteiger partial charge < -0.3 is 0 Å². The molecule has 0 saturated carbocycles. The monoisotopic (exact) mass is 580 g/mol. The highest BCUT2D eigenvalue weighted by Gasteiger charge is 2.31. The predicted octanol–water partition coefficient (Wildman–Crippen LogP) is 12.4. The van der Waals surface area contributed by atoms with Crippen molar-refractivity contribution in [3.05, 3.63) is 0 Å². The molecule has 0 spiro atoms. The molecule has 0 aromatic rings. The van der Waals surface area contributed by atoms with Gasteiger partial charge in [-0.15, -0.1) is 23.5 Å². The zero-order chi connectivity index (χ0) is 28.4. The van der Waals surface area contributed by atoms with Gasteiger partial charge in [-0.1, -0.05) is 155 Å². The minimum Gasteiger partial charge on any atom is -0.198 e. The molecule has 38 heavy (non-hydrogen) atoms. The van der Waals surface area contributed by atoms with Gasteiger partial charge in [0.1, 0.15) is 3.53 Å². The van der Waals surface area contributed by atoms with Gasteiger partial charge in [0.25, 0.3) is 0 Å². The van der Waals surface area contributed by atoms with E-state index in [-0.39, 0.29) is 10.8 Å². The van der Waals surface area contributed by atoms with Crippen molar-refractivity contribution in [2.75, 3.05) is 11.5 Å². The molecule has 2 nitrogen and oxygen atoms in total. The number of hydrogen-bond acceptors (Lipinski definition) is 5. The van der Waals surface area contributed by atoms with Crippen molar-refractivity contribution < 1.29 is 0 Å². The zero-order valence-electron chi connectivity index (χ0n) is 25.6. The average Bonchev–Trinajstić information content (AvgIpc) is 2.93. The van der Waals surface area contributed by atoms with Gasteiger partial charge in [0.05, 0.1) is 23.0 Å². The number of nitrogens with zero attached hydrogens (tertiary/aromatic N) is 2. The molecule has 220 valence electrons. The van der Waals surface area contributed by atoms with Crippen LogP contribution in [-0.2, 0) is 0 Å². The van der Waals surface area contributed by atoms with Gasteiger partial charge in [-0.2, -0.15) is 10.5 Å². The SMILES string of the molecule is CCCCCCCCCCC(C#N)(CCC)CSC(=S)SCC(C#N)(CCC)CCCCCCCCCC. The first-order chi connectivity index (χ1) is 18.5. The Balaban J connectivity index is 4.59. The van der Waals surface area contributed by atoms with E-state index >= 15 is 0 Å². The van der Waals surface area contributed by atoms with Crippen LogP contribution in [0.4, 0.5) is 0 Å². The largest absolute Gasteiger partial charge is 0.198 e. The van der Waals surface area contributed by atoms with Gasteiger partial charge in [-0.05, 0) is 25.7 Å². The van der Waals surface area contributed by atoms with Gasteiger partial charge in [0.15, 0.2) is 0 Å². The topological polar surface area (TPSA) is 47.6 Å². The summed E-state index contributed by atoms with van der Waals surface area (Å²) in [6.07, 6.45) is 26.8. The van der Waals surface area contributed by atoms with Gasteiger partial charge in [0, 0.05) is 11.5 Å². The minimum atomic E-state index is -0.265. The number of rotatable bonds is 26. The highest BCUT2D eigenvalue weighted by Crippen LogP contribution is 2.39. The second kappa shape index (κ2) is 25.7. The number of unbranched alkanes of at least 4 members (excludes halogenated alkanes) is 14. The van der Waals surface area contributed by atoms with Gasteiger partial charge >= 0.3 is 0 Å². The van der Waals surface area contributed by atoms with Crippen molar-refractivity contribution in [1.29, 1.82) is 10.5 Å². The van der Waals surface area contributed by atoms with E-state index in [4.69, 9.17) is 12.2 Å². The van der Waals surface area contributed by atoms with E-state index in [1.807, 2.05) is 0 Å². The quantitative estimate of drug-likeness (QED) is 0.0752. The lowest BCUT2D eigenvalue weighted by Gasteiger charge is -2.28. The predicted molar refractivity (Wildman–Crippen MR) is 178 cm³/mol. The Morgan fingerprint density at radius 2 is 0.816 bits per heavy atom. The molecule has 2 atom stereocenters. The maximum Gasteiger partial charge on any atom is 0.104 e. The number of nitriles is 2. The molecule has 0 amide bonds. The summed E-state index contributed by atoms with van der Waals surface area (Å²) >= 11 is 9.17. The first kappa shape index (κ1) is 37.8. The van der Waals surface area contributed by atoms with Crippen molar-refractivity contribution in [1.82, 2.24) is 0 Å². The molecule has 0 aliphatic carbocycles. The summed E-state index contributed by atoms with van der Waals surface area (Å²) < 4.78 is 0.920. The van der Waals surface area contributed by atoms with E-state index in [0.717, 1.165) is 66.4 Å². The van der Waals surface area contributed by atoms with Crippen LogP contribution in [0.15, 0.2) is 0 Å². The highest BCUT2D eigenvalue weighted by atomic mass is 32.2. The molecular weight excluding hydrogens is 521 g/mol. The van der Waals surface area contributed by atoms with Gasteiger partial charge in [-0.25, -0.2) is 0 Å². The first-order valence-electron chi connectivity index (χ1n) is 16.1. The van der Waals surface area contributed by atoms with Gasteiger partial charge in [0.2, 0.25) is 0 Å². The summed E-state index contributed by atoms with van der Waals surface area (Å²) in [7, 11) is 0. The zero-order valence-corrected chi connectivity index (χ0v) is 28.0. The molecular formula is C33H60N2S3. The van der Waals surface area contributed by atoms with E-state index in [1.165, 1.54) is 89.9 Å². The van der Waals surface area contributed by atoms with Crippen LogP contribution in [0.25, 0.3) is 0 Å². The Morgan fingerprint density at radius 1 is 0.500 bits per heavy atom. The molecule has 0 aliphatic rings. The highest BCUT2D eigenvalue weighted by molar-refractivity contribution is 8.47. The van der Waals surface area contributed by atoms with E-state index in [2.05, 4.69) is 39.8 Å². The van der Waals surface area contributed by atoms with Crippen LogP contribution in [0.5, 0.6) is 0 Å². The molecule has 0 saturated heterocycles. The third-order valence-corrected chi connectivity index (χ3v) is 11.2. The Hall–Kier alpha value is -0.230. The number of hydrogen-bond donors (Lipinski definition) is 0. The second-order valence-corrected chi connectivity index (χ2v) is 14.7. The number of thioether (sulfide) groups is 2. The summed E-state index contributed by atoms with van der Waals surface area (Å²) in [5.74, 6) is 1.59.